The Morgan fingerprint density at radius 3 is 2.23 bits per heavy atom. The summed E-state index contributed by atoms with van der Waals surface area (Å²) >= 11 is 0. The number of likely N-dealkylation sites (tertiary alicyclic amines) is 1. The molecule has 76 valence electrons. The van der Waals surface area contributed by atoms with Crippen molar-refractivity contribution < 1.29 is 0 Å². The van der Waals surface area contributed by atoms with Crippen LogP contribution in [0.15, 0.2) is 0 Å². The van der Waals surface area contributed by atoms with Gasteiger partial charge < -0.3 is 4.90 Å². The summed E-state index contributed by atoms with van der Waals surface area (Å²) in [5.74, 6) is 4.19. The number of nitrogens with zero attached hydrogens (tertiary/aromatic N) is 1. The average molecular weight is 181 g/mol. The van der Waals surface area contributed by atoms with E-state index in [1.54, 1.807) is 0 Å². The van der Waals surface area contributed by atoms with Crippen LogP contribution in [0.25, 0.3) is 0 Å². The third kappa shape index (κ3) is 2.07. The third-order valence-electron chi connectivity index (χ3n) is 4.12. The summed E-state index contributed by atoms with van der Waals surface area (Å²) in [6.07, 6.45) is 4.46. The van der Waals surface area contributed by atoms with Crippen molar-refractivity contribution >= 4 is 0 Å². The zero-order valence-corrected chi connectivity index (χ0v) is 9.29. The van der Waals surface area contributed by atoms with Gasteiger partial charge in [-0.1, -0.05) is 13.8 Å². The van der Waals surface area contributed by atoms with Crippen molar-refractivity contribution in [2.75, 3.05) is 20.1 Å². The number of hydrogen-bond acceptors (Lipinski definition) is 1. The first-order chi connectivity index (χ1) is 6.18. The highest BCUT2D eigenvalue weighted by Gasteiger charge is 2.44. The summed E-state index contributed by atoms with van der Waals surface area (Å²) < 4.78 is 0. The van der Waals surface area contributed by atoms with Crippen molar-refractivity contribution in [2.45, 2.75) is 33.1 Å². The maximum absolute atomic E-state index is 2.48. The fraction of sp³-hybridized carbons (Fsp3) is 1.00. The molecule has 0 bridgehead atoms. The summed E-state index contributed by atoms with van der Waals surface area (Å²) in [4.78, 5) is 2.48. The monoisotopic (exact) mass is 181 g/mol. The van der Waals surface area contributed by atoms with Gasteiger partial charge >= 0.3 is 0 Å². The Hall–Kier alpha value is -0.0400. The standard InChI is InChI=1S/C12H23N/c1-9(2)11-8-12(11)10-4-6-13(3)7-5-10/h9-12H,4-8H2,1-3H3. The van der Waals surface area contributed by atoms with Crippen LogP contribution in [0.4, 0.5) is 0 Å². The van der Waals surface area contributed by atoms with Crippen LogP contribution in [-0.4, -0.2) is 25.0 Å². The lowest BCUT2D eigenvalue weighted by Gasteiger charge is -2.29. The zero-order valence-electron chi connectivity index (χ0n) is 9.29. The highest BCUT2D eigenvalue weighted by Crippen LogP contribution is 2.51. The molecular weight excluding hydrogens is 158 g/mol. The van der Waals surface area contributed by atoms with Crippen molar-refractivity contribution in [1.29, 1.82) is 0 Å². The SMILES string of the molecule is CC(C)C1CC1C1CCN(C)CC1. The highest BCUT2D eigenvalue weighted by molar-refractivity contribution is 4.94. The van der Waals surface area contributed by atoms with E-state index in [4.69, 9.17) is 0 Å². The summed E-state index contributed by atoms with van der Waals surface area (Å²) in [6, 6.07) is 0. The first-order valence-corrected chi connectivity index (χ1v) is 5.87. The Kier molecular flexibility index (Phi) is 2.64. The minimum atomic E-state index is 0.935. The van der Waals surface area contributed by atoms with Crippen LogP contribution in [0.2, 0.25) is 0 Å². The third-order valence-corrected chi connectivity index (χ3v) is 4.12. The molecule has 1 aliphatic heterocycles. The molecule has 2 fully saturated rings. The second-order valence-corrected chi connectivity index (χ2v) is 5.45. The van der Waals surface area contributed by atoms with Crippen LogP contribution in [0, 0.1) is 23.7 Å². The van der Waals surface area contributed by atoms with E-state index < -0.39 is 0 Å². The summed E-state index contributed by atoms with van der Waals surface area (Å²) in [6.45, 7) is 7.46. The van der Waals surface area contributed by atoms with Gasteiger partial charge in [-0.2, -0.15) is 0 Å². The molecule has 2 aliphatic rings. The van der Waals surface area contributed by atoms with Gasteiger partial charge in [0.15, 0.2) is 0 Å². The van der Waals surface area contributed by atoms with Gasteiger partial charge in [-0.05, 0) is 63.1 Å². The lowest BCUT2D eigenvalue weighted by atomic mass is 9.89. The fourth-order valence-electron chi connectivity index (χ4n) is 3.00. The molecule has 13 heavy (non-hydrogen) atoms. The van der Waals surface area contributed by atoms with Gasteiger partial charge in [0.2, 0.25) is 0 Å². The van der Waals surface area contributed by atoms with E-state index in [0.717, 1.165) is 23.7 Å². The molecule has 0 aromatic carbocycles. The maximum atomic E-state index is 2.48. The van der Waals surface area contributed by atoms with Gasteiger partial charge in [-0.15, -0.1) is 0 Å². The molecule has 0 spiro atoms. The average Bonchev–Trinajstić information content (AvgIpc) is 2.85. The molecule has 0 aromatic heterocycles. The second kappa shape index (κ2) is 3.61. The molecule has 0 N–H and O–H groups in total. The minimum absolute atomic E-state index is 0.935. The molecule has 1 saturated carbocycles. The van der Waals surface area contributed by atoms with Gasteiger partial charge in [-0.25, -0.2) is 0 Å². The second-order valence-electron chi connectivity index (χ2n) is 5.45. The van der Waals surface area contributed by atoms with E-state index in [2.05, 4.69) is 25.8 Å². The zero-order chi connectivity index (χ0) is 9.42. The van der Waals surface area contributed by atoms with E-state index in [1.165, 1.54) is 32.4 Å². The highest BCUT2D eigenvalue weighted by atomic mass is 15.1. The Labute approximate surface area is 82.5 Å². The molecule has 0 radical (unpaired) electrons. The molecule has 2 unspecified atom stereocenters. The lowest BCUT2D eigenvalue weighted by Crippen LogP contribution is -2.31. The van der Waals surface area contributed by atoms with Gasteiger partial charge in [0, 0.05) is 0 Å². The van der Waals surface area contributed by atoms with E-state index in [9.17, 15) is 0 Å². The van der Waals surface area contributed by atoms with Crippen molar-refractivity contribution in [3.8, 4) is 0 Å². The molecule has 1 saturated heterocycles. The molecule has 1 heteroatoms. The number of rotatable bonds is 2. The molecule has 2 rings (SSSR count). The Balaban J connectivity index is 1.78. The first-order valence-electron chi connectivity index (χ1n) is 5.87. The van der Waals surface area contributed by atoms with E-state index >= 15 is 0 Å². The predicted molar refractivity (Wildman–Crippen MR) is 56.7 cm³/mol. The van der Waals surface area contributed by atoms with Gasteiger partial charge in [0.05, 0.1) is 0 Å². The largest absolute Gasteiger partial charge is 0.306 e. The van der Waals surface area contributed by atoms with Crippen molar-refractivity contribution in [3.05, 3.63) is 0 Å². The van der Waals surface area contributed by atoms with Crippen molar-refractivity contribution in [1.82, 2.24) is 4.90 Å². The molecule has 2 atom stereocenters. The van der Waals surface area contributed by atoms with Crippen LogP contribution < -0.4 is 0 Å². The Bertz CT molecular complexity index is 168. The molecule has 0 amide bonds. The van der Waals surface area contributed by atoms with Crippen LogP contribution in [0.5, 0.6) is 0 Å². The Morgan fingerprint density at radius 2 is 1.77 bits per heavy atom. The van der Waals surface area contributed by atoms with Crippen LogP contribution in [0.1, 0.15) is 33.1 Å². The molecule has 0 aromatic rings. The number of piperidine rings is 1. The van der Waals surface area contributed by atoms with Gasteiger partial charge in [0.25, 0.3) is 0 Å². The molecule has 1 aliphatic carbocycles. The van der Waals surface area contributed by atoms with Crippen molar-refractivity contribution in [2.24, 2.45) is 23.7 Å². The first kappa shape index (κ1) is 9.51. The summed E-state index contributed by atoms with van der Waals surface area (Å²) in [7, 11) is 2.25. The van der Waals surface area contributed by atoms with Crippen LogP contribution in [-0.2, 0) is 0 Å². The summed E-state index contributed by atoms with van der Waals surface area (Å²) in [5, 5.41) is 0. The lowest BCUT2D eigenvalue weighted by molar-refractivity contribution is 0.196. The number of hydrogen-bond donors (Lipinski definition) is 0. The summed E-state index contributed by atoms with van der Waals surface area (Å²) in [5.41, 5.74) is 0. The topological polar surface area (TPSA) is 3.24 Å². The van der Waals surface area contributed by atoms with Crippen molar-refractivity contribution in [3.63, 3.8) is 0 Å². The maximum Gasteiger partial charge on any atom is -0.00190 e. The van der Waals surface area contributed by atoms with Crippen LogP contribution in [0.3, 0.4) is 0 Å². The van der Waals surface area contributed by atoms with E-state index in [-0.39, 0.29) is 0 Å². The quantitative estimate of drug-likeness (QED) is 0.633. The predicted octanol–water partition coefficient (Wildman–Crippen LogP) is 2.62. The molecular formula is C12H23N. The minimum Gasteiger partial charge on any atom is -0.306 e. The fourth-order valence-corrected chi connectivity index (χ4v) is 3.00. The molecule has 1 nitrogen and oxygen atoms in total. The van der Waals surface area contributed by atoms with Crippen LogP contribution >= 0.6 is 0 Å². The van der Waals surface area contributed by atoms with Gasteiger partial charge in [0.1, 0.15) is 0 Å². The normalized spacial score (nSPS) is 36.9. The van der Waals surface area contributed by atoms with E-state index in [0.29, 0.717) is 0 Å². The smallest absolute Gasteiger partial charge is 0.00190 e. The molecule has 1 heterocycles. The van der Waals surface area contributed by atoms with Gasteiger partial charge in [-0.3, -0.25) is 0 Å². The van der Waals surface area contributed by atoms with E-state index in [1.807, 2.05) is 0 Å². The Morgan fingerprint density at radius 1 is 1.15 bits per heavy atom.